The number of methoxy groups -OCH3 is 2. The maximum Gasteiger partial charge on any atom is 0.236 e. The lowest BCUT2D eigenvalue weighted by molar-refractivity contribution is -0.116. The molecule has 108 valence electrons. The van der Waals surface area contributed by atoms with Crippen LogP contribution in [0.4, 0.5) is 5.69 Å². The summed E-state index contributed by atoms with van der Waals surface area (Å²) in [7, 11) is 3.13. The summed E-state index contributed by atoms with van der Waals surface area (Å²) in [6, 6.07) is 10.9. The molecular formula is C16H14ClNO3. The molecule has 1 atom stereocenters. The maximum absolute atomic E-state index is 12.4. The van der Waals surface area contributed by atoms with E-state index in [0.717, 1.165) is 16.8 Å². The number of benzene rings is 2. The Balaban J connectivity index is 2.18. The van der Waals surface area contributed by atoms with E-state index < -0.39 is 5.92 Å². The van der Waals surface area contributed by atoms with E-state index in [9.17, 15) is 4.79 Å². The van der Waals surface area contributed by atoms with Gasteiger partial charge in [0.2, 0.25) is 5.91 Å². The fraction of sp³-hybridized carbons (Fsp3) is 0.188. The number of rotatable bonds is 3. The van der Waals surface area contributed by atoms with E-state index >= 15 is 0 Å². The highest BCUT2D eigenvalue weighted by atomic mass is 35.5. The van der Waals surface area contributed by atoms with Gasteiger partial charge < -0.3 is 14.8 Å². The summed E-state index contributed by atoms with van der Waals surface area (Å²) >= 11 is 6.06. The molecule has 1 aliphatic heterocycles. The first kappa shape index (κ1) is 13.8. The second-order valence-corrected chi connectivity index (χ2v) is 5.17. The number of fused-ring (bicyclic) bond motifs is 1. The summed E-state index contributed by atoms with van der Waals surface area (Å²) in [5.41, 5.74) is 2.38. The molecule has 1 N–H and O–H groups in total. The Morgan fingerprint density at radius 1 is 1.10 bits per heavy atom. The summed E-state index contributed by atoms with van der Waals surface area (Å²) in [4.78, 5) is 12.4. The van der Waals surface area contributed by atoms with Gasteiger partial charge in [-0.3, -0.25) is 4.79 Å². The summed E-state index contributed by atoms with van der Waals surface area (Å²) in [6.45, 7) is 0. The van der Waals surface area contributed by atoms with Crippen LogP contribution in [0, 0.1) is 0 Å². The van der Waals surface area contributed by atoms with Crippen molar-refractivity contribution in [2.75, 3.05) is 19.5 Å². The molecule has 21 heavy (non-hydrogen) atoms. The van der Waals surface area contributed by atoms with Crippen molar-refractivity contribution in [3.05, 3.63) is 52.5 Å². The molecule has 1 heterocycles. The van der Waals surface area contributed by atoms with Crippen LogP contribution in [0.1, 0.15) is 17.0 Å². The van der Waals surface area contributed by atoms with Crippen LogP contribution < -0.4 is 14.8 Å². The number of anilines is 1. The largest absolute Gasteiger partial charge is 0.493 e. The smallest absolute Gasteiger partial charge is 0.236 e. The molecule has 3 rings (SSSR count). The lowest BCUT2D eigenvalue weighted by atomic mass is 9.91. The van der Waals surface area contributed by atoms with E-state index in [1.165, 1.54) is 0 Å². The summed E-state index contributed by atoms with van der Waals surface area (Å²) < 4.78 is 10.7. The zero-order chi connectivity index (χ0) is 15.0. The van der Waals surface area contributed by atoms with E-state index in [-0.39, 0.29) is 5.91 Å². The molecule has 5 heteroatoms. The van der Waals surface area contributed by atoms with Crippen molar-refractivity contribution in [1.29, 1.82) is 0 Å². The number of hydrogen-bond acceptors (Lipinski definition) is 3. The van der Waals surface area contributed by atoms with Gasteiger partial charge in [0.05, 0.1) is 20.1 Å². The third-order valence-electron chi connectivity index (χ3n) is 3.59. The molecule has 1 amide bonds. The molecule has 0 bridgehead atoms. The minimum absolute atomic E-state index is 0.0983. The van der Waals surface area contributed by atoms with Crippen molar-refractivity contribution >= 4 is 23.2 Å². The average molecular weight is 304 g/mol. The van der Waals surface area contributed by atoms with E-state index in [0.29, 0.717) is 16.5 Å². The van der Waals surface area contributed by atoms with Crippen molar-refractivity contribution in [2.45, 2.75) is 5.92 Å². The van der Waals surface area contributed by atoms with Crippen molar-refractivity contribution < 1.29 is 14.3 Å². The first-order valence-corrected chi connectivity index (χ1v) is 6.84. The van der Waals surface area contributed by atoms with Crippen LogP contribution in [-0.2, 0) is 4.79 Å². The van der Waals surface area contributed by atoms with Gasteiger partial charge in [-0.1, -0.05) is 23.7 Å². The normalized spacial score (nSPS) is 16.3. The molecule has 4 nitrogen and oxygen atoms in total. The number of hydrogen-bond donors (Lipinski definition) is 1. The highest BCUT2D eigenvalue weighted by Crippen LogP contribution is 2.44. The number of amides is 1. The van der Waals surface area contributed by atoms with Crippen LogP contribution in [0.5, 0.6) is 11.5 Å². The standard InChI is InChI=1S/C16H14ClNO3/c1-20-13-5-3-4-10(15(13)21-2)14-11-8-9(17)6-7-12(11)18-16(14)19/h3-8,14H,1-2H3,(H,18,19). The van der Waals surface area contributed by atoms with Gasteiger partial charge in [-0.25, -0.2) is 0 Å². The Labute approximate surface area is 127 Å². The van der Waals surface area contributed by atoms with Crippen molar-refractivity contribution in [2.24, 2.45) is 0 Å². The molecule has 0 saturated carbocycles. The SMILES string of the molecule is COc1cccc(C2C(=O)Nc3ccc(Cl)cc32)c1OC. The molecule has 0 fully saturated rings. The molecule has 0 spiro atoms. The number of para-hydroxylation sites is 1. The summed E-state index contributed by atoms with van der Waals surface area (Å²) in [5.74, 6) is 0.605. The summed E-state index contributed by atoms with van der Waals surface area (Å²) in [5, 5.41) is 3.46. The minimum atomic E-state index is -0.455. The lowest BCUT2D eigenvalue weighted by Gasteiger charge is -2.16. The molecule has 0 aliphatic carbocycles. The van der Waals surface area contributed by atoms with Gasteiger partial charge in [-0.15, -0.1) is 0 Å². The zero-order valence-corrected chi connectivity index (χ0v) is 12.4. The average Bonchev–Trinajstić information content (AvgIpc) is 2.81. The number of nitrogens with one attached hydrogen (secondary N) is 1. The maximum atomic E-state index is 12.4. The molecule has 0 aromatic heterocycles. The zero-order valence-electron chi connectivity index (χ0n) is 11.6. The fourth-order valence-corrected chi connectivity index (χ4v) is 2.86. The lowest BCUT2D eigenvalue weighted by Crippen LogP contribution is -2.14. The Morgan fingerprint density at radius 2 is 1.90 bits per heavy atom. The number of ether oxygens (including phenoxy) is 2. The molecule has 1 aliphatic rings. The number of carbonyl (C=O) groups excluding carboxylic acids is 1. The quantitative estimate of drug-likeness (QED) is 0.945. The second-order valence-electron chi connectivity index (χ2n) is 4.74. The number of halogens is 1. The van der Waals surface area contributed by atoms with E-state index in [2.05, 4.69) is 5.32 Å². The Bertz CT molecular complexity index is 715. The van der Waals surface area contributed by atoms with Gasteiger partial charge in [0, 0.05) is 16.3 Å². The molecule has 1 unspecified atom stereocenters. The predicted octanol–water partition coefficient (Wildman–Crippen LogP) is 3.44. The van der Waals surface area contributed by atoms with E-state index in [1.807, 2.05) is 18.2 Å². The Morgan fingerprint density at radius 3 is 2.62 bits per heavy atom. The Hall–Kier alpha value is -2.20. The van der Waals surface area contributed by atoms with Crippen molar-refractivity contribution in [3.8, 4) is 11.5 Å². The van der Waals surface area contributed by atoms with Crippen molar-refractivity contribution in [1.82, 2.24) is 0 Å². The highest BCUT2D eigenvalue weighted by Gasteiger charge is 2.34. The van der Waals surface area contributed by atoms with Crippen LogP contribution in [0.25, 0.3) is 0 Å². The fourth-order valence-electron chi connectivity index (χ4n) is 2.68. The van der Waals surface area contributed by atoms with Gasteiger partial charge in [0.15, 0.2) is 11.5 Å². The van der Waals surface area contributed by atoms with Crippen LogP contribution in [0.3, 0.4) is 0 Å². The minimum Gasteiger partial charge on any atom is -0.493 e. The third kappa shape index (κ3) is 2.21. The van der Waals surface area contributed by atoms with Crippen LogP contribution in [0.2, 0.25) is 5.02 Å². The molecule has 2 aromatic carbocycles. The molecule has 2 aromatic rings. The topological polar surface area (TPSA) is 47.6 Å². The van der Waals surface area contributed by atoms with Crippen LogP contribution in [-0.4, -0.2) is 20.1 Å². The van der Waals surface area contributed by atoms with Crippen molar-refractivity contribution in [3.63, 3.8) is 0 Å². The predicted molar refractivity (Wildman–Crippen MR) is 81.5 cm³/mol. The first-order chi connectivity index (χ1) is 10.2. The van der Waals surface area contributed by atoms with Crippen LogP contribution >= 0.6 is 11.6 Å². The Kier molecular flexibility index (Phi) is 3.47. The molecule has 0 radical (unpaired) electrons. The van der Waals surface area contributed by atoms with Gasteiger partial charge in [0.1, 0.15) is 0 Å². The highest BCUT2D eigenvalue weighted by molar-refractivity contribution is 6.31. The van der Waals surface area contributed by atoms with Crippen LogP contribution in [0.15, 0.2) is 36.4 Å². The molecular weight excluding hydrogens is 290 g/mol. The summed E-state index contributed by atoms with van der Waals surface area (Å²) in [6.07, 6.45) is 0. The monoisotopic (exact) mass is 303 g/mol. The van der Waals surface area contributed by atoms with E-state index in [1.54, 1.807) is 32.4 Å². The first-order valence-electron chi connectivity index (χ1n) is 6.47. The van der Waals surface area contributed by atoms with Gasteiger partial charge >= 0.3 is 0 Å². The van der Waals surface area contributed by atoms with Gasteiger partial charge in [0.25, 0.3) is 0 Å². The van der Waals surface area contributed by atoms with Gasteiger partial charge in [-0.05, 0) is 29.8 Å². The van der Waals surface area contributed by atoms with E-state index in [4.69, 9.17) is 21.1 Å². The second kappa shape index (κ2) is 5.30. The molecule has 0 saturated heterocycles. The van der Waals surface area contributed by atoms with Gasteiger partial charge in [-0.2, -0.15) is 0 Å². The number of carbonyl (C=O) groups is 1. The third-order valence-corrected chi connectivity index (χ3v) is 3.82.